The summed E-state index contributed by atoms with van der Waals surface area (Å²) in [6, 6.07) is 9.98. The summed E-state index contributed by atoms with van der Waals surface area (Å²) in [5.41, 5.74) is 1.26. The monoisotopic (exact) mass is 417 g/mol. The number of ether oxygens (including phenoxy) is 1. The van der Waals surface area contributed by atoms with Crippen LogP contribution in [0.4, 0.5) is 9.18 Å². The van der Waals surface area contributed by atoms with Crippen LogP contribution in [0.25, 0.3) is 11.3 Å². The van der Waals surface area contributed by atoms with E-state index in [4.69, 9.17) is 9.15 Å². The van der Waals surface area contributed by atoms with Gasteiger partial charge in [0.05, 0.1) is 18.0 Å². The highest BCUT2D eigenvalue weighted by Crippen LogP contribution is 2.31. The van der Waals surface area contributed by atoms with Crippen molar-refractivity contribution >= 4 is 18.5 Å². The maximum Gasteiger partial charge on any atom is 0.415 e. The van der Waals surface area contributed by atoms with Crippen molar-refractivity contribution in [2.24, 2.45) is 0 Å². The Kier molecular flexibility index (Phi) is 6.49. The lowest BCUT2D eigenvalue weighted by Crippen LogP contribution is -2.39. The number of aromatic nitrogens is 2. The van der Waals surface area contributed by atoms with E-state index in [1.165, 1.54) is 12.3 Å². The van der Waals surface area contributed by atoms with Gasteiger partial charge in [-0.1, -0.05) is 12.1 Å². The van der Waals surface area contributed by atoms with Crippen LogP contribution in [-0.2, 0) is 0 Å². The smallest absolute Gasteiger partial charge is 0.415 e. The van der Waals surface area contributed by atoms with Crippen LogP contribution in [0, 0.1) is 12.7 Å². The molecule has 1 saturated heterocycles. The van der Waals surface area contributed by atoms with Crippen LogP contribution in [0.5, 0.6) is 5.75 Å². The molecule has 1 aromatic carbocycles. The maximum atomic E-state index is 13.9. The number of nitrogens with zero attached hydrogens (tertiary/aromatic N) is 3. The molecule has 1 fully saturated rings. The Morgan fingerprint density at radius 2 is 1.90 bits per heavy atom. The average molecular weight is 418 g/mol. The molecule has 2 aromatic heterocycles. The molecule has 0 spiro atoms. The molecule has 6 nitrogen and oxygen atoms in total. The van der Waals surface area contributed by atoms with Crippen molar-refractivity contribution in [1.29, 1.82) is 0 Å². The van der Waals surface area contributed by atoms with Gasteiger partial charge in [0.2, 0.25) is 0 Å². The Labute approximate surface area is 174 Å². The van der Waals surface area contributed by atoms with Gasteiger partial charge >= 0.3 is 6.09 Å². The Balaban J connectivity index is 0.00000240. The molecule has 0 atom stereocenters. The van der Waals surface area contributed by atoms with Crippen molar-refractivity contribution in [2.45, 2.75) is 25.7 Å². The number of likely N-dealkylation sites (tertiary alicyclic amines) is 1. The molecule has 0 saturated carbocycles. The first-order chi connectivity index (χ1) is 13.6. The Morgan fingerprint density at radius 3 is 2.59 bits per heavy atom. The van der Waals surface area contributed by atoms with Crippen molar-refractivity contribution < 1.29 is 18.3 Å². The topological polar surface area (TPSA) is 68.5 Å². The number of amides is 1. The predicted molar refractivity (Wildman–Crippen MR) is 108 cm³/mol. The summed E-state index contributed by atoms with van der Waals surface area (Å²) >= 11 is 0. The van der Waals surface area contributed by atoms with Crippen LogP contribution in [0.2, 0.25) is 0 Å². The van der Waals surface area contributed by atoms with Crippen LogP contribution < -0.4 is 4.74 Å². The van der Waals surface area contributed by atoms with Gasteiger partial charge in [0, 0.05) is 24.7 Å². The molecule has 3 heterocycles. The van der Waals surface area contributed by atoms with Gasteiger partial charge in [0.1, 0.15) is 5.82 Å². The summed E-state index contributed by atoms with van der Waals surface area (Å²) in [7, 11) is 0. The molecule has 0 bridgehead atoms. The van der Waals surface area contributed by atoms with E-state index in [2.05, 4.69) is 9.97 Å². The number of carbonyl (C=O) groups excluding carboxylic acids is 1. The number of carbonyl (C=O) groups is 1. The van der Waals surface area contributed by atoms with Crippen LogP contribution in [0.1, 0.15) is 30.3 Å². The van der Waals surface area contributed by atoms with Crippen LogP contribution in [-0.4, -0.2) is 34.1 Å². The largest absolute Gasteiger partial charge is 0.440 e. The molecule has 0 aliphatic carbocycles. The maximum absolute atomic E-state index is 13.9. The third-order valence-electron chi connectivity index (χ3n) is 4.85. The van der Waals surface area contributed by atoms with Crippen molar-refractivity contribution in [2.75, 3.05) is 13.1 Å². The lowest BCUT2D eigenvalue weighted by atomic mass is 9.97. The van der Waals surface area contributed by atoms with E-state index in [0.717, 1.165) is 5.69 Å². The standard InChI is InChI=1S/C21H20FN3O3.ClH/c1-14-6-7-16(12-23-14)27-21(26)25-10-8-15(9-11-25)20-24-13-19(28-20)17-4-2-3-5-18(17)22;/h2-7,12-13,15H,8-11H2,1H3;1H. The second kappa shape index (κ2) is 9.05. The number of oxazole rings is 1. The van der Waals surface area contributed by atoms with E-state index in [-0.39, 0.29) is 30.2 Å². The van der Waals surface area contributed by atoms with E-state index in [0.29, 0.717) is 48.9 Å². The van der Waals surface area contributed by atoms with E-state index in [9.17, 15) is 9.18 Å². The van der Waals surface area contributed by atoms with E-state index in [1.54, 1.807) is 41.4 Å². The summed E-state index contributed by atoms with van der Waals surface area (Å²) in [6.07, 6.45) is 4.12. The minimum Gasteiger partial charge on any atom is -0.440 e. The molecule has 152 valence electrons. The summed E-state index contributed by atoms with van der Waals surface area (Å²) in [4.78, 5) is 22.4. The predicted octanol–water partition coefficient (Wildman–Crippen LogP) is 4.98. The minimum absolute atomic E-state index is 0. The number of rotatable bonds is 3. The van der Waals surface area contributed by atoms with Crippen LogP contribution in [0.15, 0.2) is 53.2 Å². The summed E-state index contributed by atoms with van der Waals surface area (Å²) in [5.74, 6) is 1.18. The third-order valence-corrected chi connectivity index (χ3v) is 4.85. The van der Waals surface area contributed by atoms with Crippen molar-refractivity contribution in [1.82, 2.24) is 14.9 Å². The zero-order chi connectivity index (χ0) is 19.5. The molecule has 1 aliphatic rings. The fraction of sp³-hybridized carbons (Fsp3) is 0.286. The number of hydrogen-bond donors (Lipinski definition) is 0. The highest BCUT2D eigenvalue weighted by Gasteiger charge is 2.28. The number of hydrogen-bond acceptors (Lipinski definition) is 5. The first-order valence-electron chi connectivity index (χ1n) is 9.20. The van der Waals surface area contributed by atoms with Crippen molar-refractivity contribution in [3.8, 4) is 17.1 Å². The Bertz CT molecular complexity index is 969. The summed E-state index contributed by atoms with van der Waals surface area (Å²) < 4.78 is 25.1. The first-order valence-corrected chi connectivity index (χ1v) is 9.20. The van der Waals surface area contributed by atoms with Crippen molar-refractivity contribution in [3.05, 3.63) is 66.2 Å². The molecule has 29 heavy (non-hydrogen) atoms. The summed E-state index contributed by atoms with van der Waals surface area (Å²) in [6.45, 7) is 2.96. The number of aryl methyl sites for hydroxylation is 1. The highest BCUT2D eigenvalue weighted by atomic mass is 35.5. The highest BCUT2D eigenvalue weighted by molar-refractivity contribution is 5.85. The average Bonchev–Trinajstić information content (AvgIpc) is 3.20. The Morgan fingerprint density at radius 1 is 1.14 bits per heavy atom. The SMILES string of the molecule is Cc1ccc(OC(=O)N2CCC(c3ncc(-c4ccccc4F)o3)CC2)cn1.Cl. The second-order valence-electron chi connectivity index (χ2n) is 6.81. The van der Waals surface area contributed by atoms with Gasteiger partial charge in [-0.3, -0.25) is 4.98 Å². The van der Waals surface area contributed by atoms with Gasteiger partial charge in [-0.2, -0.15) is 0 Å². The molecule has 0 radical (unpaired) electrons. The van der Waals surface area contributed by atoms with Crippen molar-refractivity contribution in [3.63, 3.8) is 0 Å². The first kappa shape index (κ1) is 20.8. The number of halogens is 2. The molecule has 3 aromatic rings. The van der Waals surface area contributed by atoms with Gasteiger partial charge in [-0.05, 0) is 44.0 Å². The van der Waals surface area contributed by atoms with E-state index < -0.39 is 0 Å². The van der Waals surface area contributed by atoms with Crippen LogP contribution >= 0.6 is 12.4 Å². The van der Waals surface area contributed by atoms with Gasteiger partial charge in [-0.25, -0.2) is 14.2 Å². The zero-order valence-corrected chi connectivity index (χ0v) is 16.7. The fourth-order valence-electron chi connectivity index (χ4n) is 3.25. The normalized spacial score (nSPS) is 14.3. The fourth-order valence-corrected chi connectivity index (χ4v) is 3.25. The van der Waals surface area contributed by atoms with E-state index in [1.807, 2.05) is 6.92 Å². The van der Waals surface area contributed by atoms with Gasteiger partial charge in [0.25, 0.3) is 0 Å². The summed E-state index contributed by atoms with van der Waals surface area (Å²) in [5, 5.41) is 0. The zero-order valence-electron chi connectivity index (χ0n) is 15.9. The van der Waals surface area contributed by atoms with Gasteiger partial charge in [-0.15, -0.1) is 12.4 Å². The number of piperidine rings is 1. The molecule has 0 unspecified atom stereocenters. The molecular weight excluding hydrogens is 397 g/mol. The van der Waals surface area contributed by atoms with Gasteiger partial charge in [0.15, 0.2) is 17.4 Å². The molecule has 1 amide bonds. The lowest BCUT2D eigenvalue weighted by Gasteiger charge is -2.29. The van der Waals surface area contributed by atoms with E-state index >= 15 is 0 Å². The van der Waals surface area contributed by atoms with Gasteiger partial charge < -0.3 is 14.1 Å². The van der Waals surface area contributed by atoms with Crippen LogP contribution in [0.3, 0.4) is 0 Å². The molecule has 1 aliphatic heterocycles. The second-order valence-corrected chi connectivity index (χ2v) is 6.81. The molecular formula is C21H21ClFN3O3. The Hall–Kier alpha value is -2.93. The number of benzene rings is 1. The molecule has 4 rings (SSSR count). The molecule has 8 heteroatoms. The molecule has 0 N–H and O–H groups in total. The lowest BCUT2D eigenvalue weighted by molar-refractivity contribution is 0.136. The number of pyridine rings is 1. The minimum atomic E-state index is -0.386. The third kappa shape index (κ3) is 4.74. The quantitative estimate of drug-likeness (QED) is 0.600.